The van der Waals surface area contributed by atoms with E-state index in [9.17, 15) is 9.59 Å². The average Bonchev–Trinajstić information content (AvgIpc) is 3.69. The monoisotopic (exact) mass is 590 g/mol. The molecule has 3 aromatic carbocycles. The van der Waals surface area contributed by atoms with Gasteiger partial charge in [0, 0.05) is 44.1 Å². The molecule has 11 nitrogen and oxygen atoms in total. The fourth-order valence-corrected chi connectivity index (χ4v) is 5.30. The van der Waals surface area contributed by atoms with Gasteiger partial charge in [-0.25, -0.2) is 9.97 Å². The van der Waals surface area contributed by atoms with Crippen LogP contribution in [-0.2, 0) is 11.3 Å². The van der Waals surface area contributed by atoms with Crippen LogP contribution in [0.5, 0.6) is 0 Å². The summed E-state index contributed by atoms with van der Waals surface area (Å²) in [4.78, 5) is 45.5. The minimum absolute atomic E-state index is 0.00343. The van der Waals surface area contributed by atoms with Crippen molar-refractivity contribution in [2.45, 2.75) is 13.5 Å². The number of imidazole rings is 2. The van der Waals surface area contributed by atoms with Crippen LogP contribution in [0.2, 0.25) is 0 Å². The van der Waals surface area contributed by atoms with E-state index in [1.807, 2.05) is 63.3 Å². The van der Waals surface area contributed by atoms with Crippen molar-refractivity contribution in [2.75, 3.05) is 54.9 Å². The summed E-state index contributed by atoms with van der Waals surface area (Å²) >= 11 is 0. The predicted molar refractivity (Wildman–Crippen MR) is 175 cm³/mol. The molecule has 0 unspecified atom stereocenters. The summed E-state index contributed by atoms with van der Waals surface area (Å²) in [5.74, 6) is -0.700. The number of amides is 2. The number of hydrogen-bond donors (Lipinski definition) is 4. The third kappa shape index (κ3) is 6.82. The van der Waals surface area contributed by atoms with Crippen molar-refractivity contribution in [1.29, 1.82) is 0 Å². The number of benzene rings is 3. The minimum Gasteiger partial charge on any atom is -0.375 e. The summed E-state index contributed by atoms with van der Waals surface area (Å²) in [5, 5.41) is 5.62. The lowest BCUT2D eigenvalue weighted by atomic mass is 9.94. The first-order valence-electron chi connectivity index (χ1n) is 14.7. The lowest BCUT2D eigenvalue weighted by Crippen LogP contribution is -2.47. The topological polar surface area (TPSA) is 131 Å². The van der Waals surface area contributed by atoms with Crippen LogP contribution in [0.15, 0.2) is 73.1 Å². The fraction of sp³-hybridized carbons (Fsp3) is 0.250. The molecule has 3 heterocycles. The second-order valence-electron chi connectivity index (χ2n) is 11.0. The number of anilines is 3. The van der Waals surface area contributed by atoms with Gasteiger partial charge in [0.1, 0.15) is 13.5 Å². The van der Waals surface area contributed by atoms with Crippen molar-refractivity contribution in [2.24, 2.45) is 0 Å². The van der Waals surface area contributed by atoms with E-state index in [-0.39, 0.29) is 17.3 Å². The van der Waals surface area contributed by atoms with E-state index in [0.717, 1.165) is 60.5 Å². The smallest absolute Gasteiger partial charge is 0.276 e. The Hall–Kier alpha value is -4.94. The van der Waals surface area contributed by atoms with Gasteiger partial charge in [-0.15, -0.1) is 0 Å². The summed E-state index contributed by atoms with van der Waals surface area (Å²) in [5.41, 5.74) is 6.48. The average molecular weight is 590 g/mol. The van der Waals surface area contributed by atoms with E-state index < -0.39 is 11.8 Å². The quantitative estimate of drug-likeness (QED) is 0.145. The van der Waals surface area contributed by atoms with Gasteiger partial charge in [0.15, 0.2) is 5.69 Å². The number of carbonyl (C=O) groups excluding carboxylic acids is 2. The highest BCUT2D eigenvalue weighted by molar-refractivity contribution is 6.32. The maximum absolute atomic E-state index is 13.1. The number of nitrogens with one attached hydrogen (secondary N) is 4. The SMILES string of the molecule is Bc1ccc(C)c(NC(=O)c2nc[nH]c2C(=O)Nc2nc3cc(N4CCN(CCOCc5ccccc5)CC4)ccc3[nH]2)c1. The molecule has 1 aliphatic heterocycles. The number of aryl methyl sites for hydroxylation is 1. The molecule has 0 aliphatic carbocycles. The summed E-state index contributed by atoms with van der Waals surface area (Å²) in [7, 11) is 1.95. The third-order valence-corrected chi connectivity index (χ3v) is 7.82. The van der Waals surface area contributed by atoms with Crippen LogP contribution in [0, 0.1) is 6.92 Å². The molecule has 12 heteroatoms. The zero-order valence-corrected chi connectivity index (χ0v) is 24.9. The maximum atomic E-state index is 13.1. The molecule has 0 radical (unpaired) electrons. The highest BCUT2D eigenvalue weighted by Gasteiger charge is 2.22. The Morgan fingerprint density at radius 3 is 2.61 bits per heavy atom. The van der Waals surface area contributed by atoms with Crippen molar-refractivity contribution >= 4 is 53.5 Å². The van der Waals surface area contributed by atoms with E-state index in [1.165, 1.54) is 11.9 Å². The summed E-state index contributed by atoms with van der Waals surface area (Å²) in [6.45, 7) is 7.89. The van der Waals surface area contributed by atoms with E-state index in [2.05, 4.69) is 58.6 Å². The number of H-pyrrole nitrogens is 2. The van der Waals surface area contributed by atoms with Gasteiger partial charge in [-0.2, -0.15) is 0 Å². The molecular formula is C32H35BN8O3. The molecule has 1 aliphatic rings. The Balaban J connectivity index is 1.03. The molecule has 0 atom stereocenters. The fourth-order valence-electron chi connectivity index (χ4n) is 5.30. The molecule has 0 spiro atoms. The number of rotatable bonds is 10. The molecule has 44 heavy (non-hydrogen) atoms. The molecule has 0 bridgehead atoms. The molecule has 0 saturated carbocycles. The molecule has 1 saturated heterocycles. The van der Waals surface area contributed by atoms with Gasteiger partial charge in [-0.05, 0) is 42.3 Å². The number of hydrogen-bond acceptors (Lipinski definition) is 7. The second kappa shape index (κ2) is 13.1. The highest BCUT2D eigenvalue weighted by Crippen LogP contribution is 2.24. The van der Waals surface area contributed by atoms with Gasteiger partial charge in [0.05, 0.1) is 30.6 Å². The van der Waals surface area contributed by atoms with Crippen LogP contribution >= 0.6 is 0 Å². The lowest BCUT2D eigenvalue weighted by Gasteiger charge is -2.36. The van der Waals surface area contributed by atoms with E-state index in [1.54, 1.807) is 0 Å². The number of aromatic nitrogens is 4. The standard InChI is InChI=1S/C32H35BN8O3/c1-21-7-8-23(33)17-26(21)36-30(42)28-29(35-20-34-28)31(43)39-32-37-25-10-9-24(18-27(25)38-32)41-13-11-40(12-14-41)15-16-44-19-22-5-3-2-4-6-22/h2-10,17-18,20H,11-16,19,33H2,1H3,(H,34,35)(H,36,42)(H2,37,38,39,43). The molecule has 6 rings (SSSR count). The van der Waals surface area contributed by atoms with E-state index in [0.29, 0.717) is 18.9 Å². The van der Waals surface area contributed by atoms with Crippen LogP contribution in [0.1, 0.15) is 32.1 Å². The number of carbonyl (C=O) groups is 2. The first kappa shape index (κ1) is 29.2. The van der Waals surface area contributed by atoms with Gasteiger partial charge in [0.25, 0.3) is 11.8 Å². The number of ether oxygens (including phenoxy) is 1. The second-order valence-corrected chi connectivity index (χ2v) is 11.0. The molecule has 4 N–H and O–H groups in total. The van der Waals surface area contributed by atoms with Crippen molar-refractivity contribution in [3.8, 4) is 0 Å². The molecule has 2 amide bonds. The van der Waals surface area contributed by atoms with Gasteiger partial charge in [0.2, 0.25) is 5.95 Å². The summed E-state index contributed by atoms with van der Waals surface area (Å²) in [6.07, 6.45) is 1.33. The van der Waals surface area contributed by atoms with E-state index >= 15 is 0 Å². The Labute approximate surface area is 256 Å². The summed E-state index contributed by atoms with van der Waals surface area (Å²) < 4.78 is 5.86. The number of nitrogens with zero attached hydrogens (tertiary/aromatic N) is 4. The van der Waals surface area contributed by atoms with E-state index in [4.69, 9.17) is 4.74 Å². The van der Waals surface area contributed by atoms with Crippen molar-refractivity contribution in [1.82, 2.24) is 24.8 Å². The molecular weight excluding hydrogens is 555 g/mol. The highest BCUT2D eigenvalue weighted by atomic mass is 16.5. The molecule has 1 fully saturated rings. The molecule has 2 aromatic heterocycles. The number of fused-ring (bicyclic) bond motifs is 1. The lowest BCUT2D eigenvalue weighted by molar-refractivity contribution is 0.0907. The Bertz CT molecular complexity index is 1760. The Morgan fingerprint density at radius 1 is 0.977 bits per heavy atom. The van der Waals surface area contributed by atoms with Crippen LogP contribution < -0.4 is 21.0 Å². The van der Waals surface area contributed by atoms with Crippen LogP contribution in [0.3, 0.4) is 0 Å². The third-order valence-electron chi connectivity index (χ3n) is 7.82. The summed E-state index contributed by atoms with van der Waals surface area (Å²) in [6, 6.07) is 22.1. The van der Waals surface area contributed by atoms with Crippen molar-refractivity contribution in [3.63, 3.8) is 0 Å². The Morgan fingerprint density at radius 2 is 1.80 bits per heavy atom. The van der Waals surface area contributed by atoms with Crippen LogP contribution in [-0.4, -0.2) is 83.8 Å². The van der Waals surface area contributed by atoms with Crippen LogP contribution in [0.4, 0.5) is 17.3 Å². The maximum Gasteiger partial charge on any atom is 0.276 e. The zero-order valence-electron chi connectivity index (χ0n) is 24.9. The van der Waals surface area contributed by atoms with Crippen molar-refractivity contribution in [3.05, 3.63) is 95.6 Å². The first-order chi connectivity index (χ1) is 21.4. The van der Waals surface area contributed by atoms with Gasteiger partial charge in [-0.3, -0.25) is 19.8 Å². The Kier molecular flexibility index (Phi) is 8.71. The largest absolute Gasteiger partial charge is 0.375 e. The molecule has 224 valence electrons. The van der Waals surface area contributed by atoms with Gasteiger partial charge in [-0.1, -0.05) is 47.9 Å². The first-order valence-corrected chi connectivity index (χ1v) is 14.7. The zero-order chi connectivity index (χ0) is 30.5. The number of aromatic amines is 2. The normalized spacial score (nSPS) is 13.7. The number of piperazine rings is 1. The predicted octanol–water partition coefficient (Wildman–Crippen LogP) is 2.70. The van der Waals surface area contributed by atoms with Gasteiger partial charge < -0.3 is 24.9 Å². The molecule has 5 aromatic rings. The van der Waals surface area contributed by atoms with Crippen LogP contribution in [0.25, 0.3) is 11.0 Å². The van der Waals surface area contributed by atoms with Gasteiger partial charge >= 0.3 is 0 Å². The van der Waals surface area contributed by atoms with Crippen molar-refractivity contribution < 1.29 is 14.3 Å². The minimum atomic E-state index is -0.517.